The average molecular weight is 1460 g/mol. The fourth-order valence-corrected chi connectivity index (χ4v) is 15.0. The van der Waals surface area contributed by atoms with Crippen LogP contribution in [0.5, 0.6) is 0 Å². The van der Waals surface area contributed by atoms with Crippen molar-refractivity contribution in [2.75, 3.05) is 26.4 Å². The Morgan fingerprint density at radius 3 is 0.922 bits per heavy atom. The van der Waals surface area contributed by atoms with Crippen molar-refractivity contribution in [2.45, 2.75) is 484 Å². The van der Waals surface area contributed by atoms with Crippen LogP contribution in [0, 0.1) is 0 Å². The Balaban J connectivity index is 1.30. The highest BCUT2D eigenvalue weighted by Gasteiger charge is 2.54. The van der Waals surface area contributed by atoms with Crippen molar-refractivity contribution in [2.24, 2.45) is 0 Å². The maximum Gasteiger partial charge on any atom is 0.220 e. The number of aliphatic hydroxyl groups excluding tert-OH is 11. The van der Waals surface area contributed by atoms with E-state index in [1.807, 2.05) is 6.08 Å². The van der Waals surface area contributed by atoms with Crippen molar-refractivity contribution in [3.05, 3.63) is 12.2 Å². The molecule has 3 aliphatic rings. The molecule has 19 nitrogen and oxygen atoms in total. The summed E-state index contributed by atoms with van der Waals surface area (Å²) >= 11 is 0. The quantitative estimate of drug-likeness (QED) is 0.0199. The van der Waals surface area contributed by atoms with Gasteiger partial charge in [-0.3, -0.25) is 4.79 Å². The molecule has 3 rings (SSSR count). The molecule has 1 amide bonds. The molecule has 17 unspecified atom stereocenters. The summed E-state index contributed by atoms with van der Waals surface area (Å²) in [7, 11) is 0. The predicted molar refractivity (Wildman–Crippen MR) is 407 cm³/mol. The second-order valence-electron chi connectivity index (χ2n) is 31.0. The molecule has 0 saturated carbocycles. The number of allylic oxidation sites excluding steroid dienone is 1. The molecule has 0 radical (unpaired) electrons. The summed E-state index contributed by atoms with van der Waals surface area (Å²) in [4.78, 5) is 13.5. The topological polar surface area (TPSA) is 307 Å². The van der Waals surface area contributed by atoms with E-state index in [0.717, 1.165) is 44.9 Å². The van der Waals surface area contributed by atoms with Crippen molar-refractivity contribution in [1.29, 1.82) is 0 Å². The highest BCUT2D eigenvalue weighted by molar-refractivity contribution is 5.76. The zero-order valence-electron chi connectivity index (χ0n) is 64.9. The highest BCUT2D eigenvalue weighted by Crippen LogP contribution is 2.34. The third-order valence-corrected chi connectivity index (χ3v) is 21.8. The second-order valence-corrected chi connectivity index (χ2v) is 31.0. The second kappa shape index (κ2) is 64.4. The van der Waals surface area contributed by atoms with Crippen molar-refractivity contribution in [3.63, 3.8) is 0 Å². The molecule has 3 aliphatic heterocycles. The minimum atomic E-state index is -1.98. The lowest BCUT2D eigenvalue weighted by molar-refractivity contribution is -0.379. The first-order valence-corrected chi connectivity index (χ1v) is 42.9. The van der Waals surface area contributed by atoms with Crippen LogP contribution in [0.3, 0.4) is 0 Å². The zero-order valence-corrected chi connectivity index (χ0v) is 64.9. The first-order chi connectivity index (χ1) is 49.8. The van der Waals surface area contributed by atoms with Crippen molar-refractivity contribution < 1.29 is 89.4 Å². The number of amides is 1. The molecule has 0 spiro atoms. The van der Waals surface area contributed by atoms with E-state index >= 15 is 0 Å². The molecule has 17 atom stereocenters. The lowest BCUT2D eigenvalue weighted by Crippen LogP contribution is -2.66. The molecule has 604 valence electrons. The minimum Gasteiger partial charge on any atom is -0.394 e. The molecular formula is C83H159NO18. The lowest BCUT2D eigenvalue weighted by atomic mass is 9.96. The standard InChI is InChI=1S/C83H159NO18/c1-3-5-7-9-11-13-15-17-19-21-23-24-25-26-27-28-29-30-31-32-33-34-35-36-37-38-39-40-41-43-45-47-49-51-53-55-57-59-61-71(89)84-66(67(88)60-58-56-54-52-50-48-46-44-42-22-20-18-16-14-12-10-8-6-4-2)65-97-81-77(95)74(92)79(69(63-86)99-81)102-83-78(96)75(93)80(70(64-87)100-83)101-82-76(94)73(91)72(90)68(62-85)98-82/h58,60,66-70,72-83,85-88,90-96H,3-57,59,61-65H2,1-2H3,(H,84,89)/b60-58+. The van der Waals surface area contributed by atoms with Crippen LogP contribution in [0.25, 0.3) is 0 Å². The van der Waals surface area contributed by atoms with Gasteiger partial charge in [-0.05, 0) is 19.3 Å². The van der Waals surface area contributed by atoms with E-state index in [1.54, 1.807) is 6.08 Å². The Hall–Kier alpha value is -1.47. The van der Waals surface area contributed by atoms with E-state index in [-0.39, 0.29) is 18.9 Å². The van der Waals surface area contributed by atoms with Crippen LogP contribution in [0.2, 0.25) is 0 Å². The largest absolute Gasteiger partial charge is 0.394 e. The van der Waals surface area contributed by atoms with E-state index < -0.39 is 124 Å². The van der Waals surface area contributed by atoms with Crippen LogP contribution in [0.1, 0.15) is 380 Å². The van der Waals surface area contributed by atoms with E-state index in [1.165, 1.54) is 308 Å². The number of hydrogen-bond acceptors (Lipinski definition) is 18. The van der Waals surface area contributed by atoms with Crippen LogP contribution in [-0.2, 0) is 33.2 Å². The van der Waals surface area contributed by atoms with E-state index in [4.69, 9.17) is 28.4 Å². The summed E-state index contributed by atoms with van der Waals surface area (Å²) in [5.74, 6) is -0.266. The van der Waals surface area contributed by atoms with Gasteiger partial charge in [0.25, 0.3) is 0 Å². The molecule has 12 N–H and O–H groups in total. The number of nitrogens with one attached hydrogen (secondary N) is 1. The van der Waals surface area contributed by atoms with Crippen molar-refractivity contribution >= 4 is 5.91 Å². The third kappa shape index (κ3) is 43.7. The van der Waals surface area contributed by atoms with Crippen LogP contribution in [-0.4, -0.2) is 193 Å². The number of hydrogen-bond donors (Lipinski definition) is 12. The molecule has 3 saturated heterocycles. The third-order valence-electron chi connectivity index (χ3n) is 21.8. The summed E-state index contributed by atoms with van der Waals surface area (Å²) in [6.45, 7) is 1.80. The van der Waals surface area contributed by atoms with Gasteiger partial charge >= 0.3 is 0 Å². The molecule has 3 heterocycles. The Morgan fingerprint density at radius 2 is 0.608 bits per heavy atom. The average Bonchev–Trinajstić information content (AvgIpc) is 0.774. The van der Waals surface area contributed by atoms with E-state index in [2.05, 4.69) is 19.2 Å². The fourth-order valence-electron chi connectivity index (χ4n) is 15.0. The van der Waals surface area contributed by atoms with Gasteiger partial charge in [0, 0.05) is 6.42 Å². The molecule has 0 aromatic rings. The molecule has 0 aliphatic carbocycles. The van der Waals surface area contributed by atoms with Gasteiger partial charge in [-0.2, -0.15) is 0 Å². The summed E-state index contributed by atoms with van der Waals surface area (Å²) in [6.07, 6.45) is 50.9. The van der Waals surface area contributed by atoms with Gasteiger partial charge in [-0.1, -0.05) is 366 Å². The monoisotopic (exact) mass is 1460 g/mol. The number of aliphatic hydroxyl groups is 11. The van der Waals surface area contributed by atoms with Crippen molar-refractivity contribution in [3.8, 4) is 0 Å². The number of carbonyl (C=O) groups is 1. The zero-order chi connectivity index (χ0) is 73.9. The molecule has 3 fully saturated rings. The normalized spacial score (nSPS) is 26.1. The predicted octanol–water partition coefficient (Wildman–Crippen LogP) is 15.1. The van der Waals surface area contributed by atoms with Gasteiger partial charge in [-0.25, -0.2) is 0 Å². The van der Waals surface area contributed by atoms with Gasteiger partial charge < -0.3 is 89.9 Å². The van der Waals surface area contributed by atoms with Crippen LogP contribution in [0.4, 0.5) is 0 Å². The van der Waals surface area contributed by atoms with Gasteiger partial charge in [0.2, 0.25) is 5.91 Å². The summed E-state index contributed by atoms with van der Waals surface area (Å²) in [5.41, 5.74) is 0. The summed E-state index contributed by atoms with van der Waals surface area (Å²) < 4.78 is 34.5. The maximum atomic E-state index is 13.5. The van der Waals surface area contributed by atoms with E-state index in [0.29, 0.717) is 6.42 Å². The Labute approximate surface area is 620 Å². The number of unbranched alkanes of at least 4 members (excludes halogenated alkanes) is 54. The van der Waals surface area contributed by atoms with Crippen LogP contribution in [0.15, 0.2) is 12.2 Å². The Kier molecular flexibility index (Phi) is 59.8. The minimum absolute atomic E-state index is 0.250. The molecule has 102 heavy (non-hydrogen) atoms. The molecule has 0 aromatic carbocycles. The number of ether oxygens (including phenoxy) is 6. The molecule has 19 heteroatoms. The molecule has 0 aromatic heterocycles. The summed E-state index contributed by atoms with van der Waals surface area (Å²) in [5, 5.41) is 121. The van der Waals surface area contributed by atoms with Gasteiger partial charge in [0.05, 0.1) is 38.6 Å². The molecule has 0 bridgehead atoms. The van der Waals surface area contributed by atoms with Gasteiger partial charge in [0.15, 0.2) is 18.9 Å². The first-order valence-electron chi connectivity index (χ1n) is 42.9. The number of carbonyl (C=O) groups excluding carboxylic acids is 1. The number of rotatable bonds is 70. The Bertz CT molecular complexity index is 1890. The van der Waals surface area contributed by atoms with Crippen LogP contribution < -0.4 is 5.32 Å². The van der Waals surface area contributed by atoms with Crippen molar-refractivity contribution in [1.82, 2.24) is 5.32 Å². The SMILES string of the molecule is CCCCCCCCCCCCCCCCCCC/C=C/C(O)C(COC1OC(CO)C(OC2OC(CO)C(OC3OC(CO)C(O)C(O)C3O)C(O)C2O)C(O)C1O)NC(=O)CCCCCCCCCCCCCCCCCCCCCCCCCCCCCCCCCCCCCCCC. The van der Waals surface area contributed by atoms with Gasteiger partial charge in [0.1, 0.15) is 73.2 Å². The van der Waals surface area contributed by atoms with Gasteiger partial charge in [-0.15, -0.1) is 0 Å². The van der Waals surface area contributed by atoms with E-state index in [9.17, 15) is 61.0 Å². The fraction of sp³-hybridized carbons (Fsp3) is 0.964. The molecular weight excluding hydrogens is 1300 g/mol. The Morgan fingerprint density at radius 1 is 0.343 bits per heavy atom. The summed E-state index contributed by atoms with van der Waals surface area (Å²) in [6, 6.07) is -0.970. The smallest absolute Gasteiger partial charge is 0.220 e. The maximum absolute atomic E-state index is 13.5. The lowest BCUT2D eigenvalue weighted by Gasteiger charge is -2.48. The van der Waals surface area contributed by atoms with Crippen LogP contribution >= 0.6 is 0 Å². The highest BCUT2D eigenvalue weighted by atomic mass is 16.8. The first kappa shape index (κ1) is 94.7.